The SMILES string of the molecule is CCC(C)C(NC(=O)C(CC(C)C)NC(=O)C(N)C(C)C)C(=O)NC(CS)C(=O)O. The lowest BCUT2D eigenvalue weighted by molar-refractivity contribution is -0.142. The molecule has 3 amide bonds. The molecule has 0 saturated heterocycles. The number of rotatable bonds is 13. The van der Waals surface area contributed by atoms with E-state index in [0.29, 0.717) is 12.8 Å². The van der Waals surface area contributed by atoms with Crippen molar-refractivity contribution in [3.05, 3.63) is 0 Å². The van der Waals surface area contributed by atoms with Gasteiger partial charge in [-0.1, -0.05) is 48.0 Å². The molecule has 5 atom stereocenters. The number of nitrogens with one attached hydrogen (secondary N) is 3. The molecule has 0 rings (SSSR count). The van der Waals surface area contributed by atoms with Gasteiger partial charge in [0.2, 0.25) is 17.7 Å². The van der Waals surface area contributed by atoms with Crippen LogP contribution < -0.4 is 21.7 Å². The molecule has 0 heterocycles. The highest BCUT2D eigenvalue weighted by Gasteiger charge is 2.32. The van der Waals surface area contributed by atoms with Gasteiger partial charge in [0, 0.05) is 5.75 Å². The van der Waals surface area contributed by atoms with E-state index in [1.807, 2.05) is 34.6 Å². The van der Waals surface area contributed by atoms with Crippen molar-refractivity contribution >= 4 is 36.3 Å². The van der Waals surface area contributed by atoms with Crippen molar-refractivity contribution in [2.45, 2.75) is 78.6 Å². The molecule has 0 saturated carbocycles. The molecule has 0 fully saturated rings. The van der Waals surface area contributed by atoms with E-state index >= 15 is 0 Å². The van der Waals surface area contributed by atoms with Crippen molar-refractivity contribution in [1.82, 2.24) is 16.0 Å². The van der Waals surface area contributed by atoms with Gasteiger partial charge in [-0.25, -0.2) is 4.79 Å². The molecular weight excluding hydrogens is 408 g/mol. The van der Waals surface area contributed by atoms with Crippen molar-refractivity contribution in [1.29, 1.82) is 0 Å². The van der Waals surface area contributed by atoms with Crippen LogP contribution >= 0.6 is 12.6 Å². The maximum Gasteiger partial charge on any atom is 0.327 e. The first-order valence-electron chi connectivity index (χ1n) is 10.4. The number of hydrogen-bond acceptors (Lipinski definition) is 6. The zero-order valence-corrected chi connectivity index (χ0v) is 19.7. The zero-order chi connectivity index (χ0) is 23.6. The second-order valence-electron chi connectivity index (χ2n) is 8.41. The molecule has 0 aromatic carbocycles. The topological polar surface area (TPSA) is 151 Å². The fourth-order valence-electron chi connectivity index (χ4n) is 2.68. The molecule has 9 nitrogen and oxygen atoms in total. The molecule has 0 bridgehead atoms. The lowest BCUT2D eigenvalue weighted by Gasteiger charge is -2.28. The van der Waals surface area contributed by atoms with Gasteiger partial charge in [0.1, 0.15) is 18.1 Å². The second kappa shape index (κ2) is 13.5. The first-order valence-corrected chi connectivity index (χ1v) is 11.0. The first-order chi connectivity index (χ1) is 13.8. The molecule has 0 aliphatic carbocycles. The zero-order valence-electron chi connectivity index (χ0n) is 18.8. The first kappa shape index (κ1) is 28.2. The second-order valence-corrected chi connectivity index (χ2v) is 8.78. The molecule has 0 aliphatic rings. The molecule has 5 unspecified atom stereocenters. The standard InChI is InChI=1S/C20H38N4O5S/c1-7-12(6)16(19(27)23-14(9-30)20(28)29)24-17(25)13(8-10(2)3)22-18(26)15(21)11(4)5/h10-16,30H,7-9,21H2,1-6H3,(H,22,26)(H,23,27)(H,24,25)(H,28,29). The summed E-state index contributed by atoms with van der Waals surface area (Å²) in [5.74, 6) is -3.08. The Morgan fingerprint density at radius 3 is 1.83 bits per heavy atom. The summed E-state index contributed by atoms with van der Waals surface area (Å²) >= 11 is 3.94. The summed E-state index contributed by atoms with van der Waals surface area (Å²) in [5.41, 5.74) is 5.89. The van der Waals surface area contributed by atoms with Crippen LogP contribution in [-0.2, 0) is 19.2 Å². The fourth-order valence-corrected chi connectivity index (χ4v) is 2.92. The number of carboxylic acid groups (broad SMARTS) is 1. The molecule has 0 spiro atoms. The Morgan fingerprint density at radius 2 is 1.43 bits per heavy atom. The predicted octanol–water partition coefficient (Wildman–Crippen LogP) is 0.531. The van der Waals surface area contributed by atoms with E-state index < -0.39 is 47.9 Å². The van der Waals surface area contributed by atoms with Gasteiger partial charge < -0.3 is 26.8 Å². The van der Waals surface area contributed by atoms with E-state index in [2.05, 4.69) is 28.6 Å². The number of carbonyl (C=O) groups is 4. The molecule has 30 heavy (non-hydrogen) atoms. The van der Waals surface area contributed by atoms with Crippen LogP contribution in [0.15, 0.2) is 0 Å². The van der Waals surface area contributed by atoms with Gasteiger partial charge in [0.05, 0.1) is 6.04 Å². The van der Waals surface area contributed by atoms with Gasteiger partial charge in [-0.2, -0.15) is 12.6 Å². The van der Waals surface area contributed by atoms with E-state index in [4.69, 9.17) is 10.8 Å². The smallest absolute Gasteiger partial charge is 0.327 e. The number of thiol groups is 1. The summed E-state index contributed by atoms with van der Waals surface area (Å²) in [4.78, 5) is 49.2. The normalized spacial score (nSPS) is 16.3. The highest BCUT2D eigenvalue weighted by Crippen LogP contribution is 2.12. The molecule has 10 heteroatoms. The average molecular weight is 447 g/mol. The predicted molar refractivity (Wildman–Crippen MR) is 119 cm³/mol. The van der Waals surface area contributed by atoms with Gasteiger partial charge >= 0.3 is 5.97 Å². The number of aliphatic carboxylic acids is 1. The Balaban J connectivity index is 5.49. The minimum atomic E-state index is -1.21. The van der Waals surface area contributed by atoms with Crippen LogP contribution in [0, 0.1) is 17.8 Å². The van der Waals surface area contributed by atoms with Crippen LogP contribution in [-0.4, -0.2) is 58.7 Å². The van der Waals surface area contributed by atoms with Crippen LogP contribution in [0.2, 0.25) is 0 Å². The maximum atomic E-state index is 13.0. The van der Waals surface area contributed by atoms with E-state index in [9.17, 15) is 19.2 Å². The van der Waals surface area contributed by atoms with E-state index in [-0.39, 0.29) is 23.5 Å². The van der Waals surface area contributed by atoms with Crippen LogP contribution in [0.3, 0.4) is 0 Å². The van der Waals surface area contributed by atoms with Gasteiger partial charge in [-0.3, -0.25) is 14.4 Å². The summed E-state index contributed by atoms with van der Waals surface area (Å²) in [7, 11) is 0. The Morgan fingerprint density at radius 1 is 0.900 bits per heavy atom. The van der Waals surface area contributed by atoms with Crippen LogP contribution in [0.4, 0.5) is 0 Å². The number of amides is 3. The Hall–Kier alpha value is -1.81. The minimum Gasteiger partial charge on any atom is -0.480 e. The quantitative estimate of drug-likeness (QED) is 0.227. The molecule has 0 radical (unpaired) electrons. The van der Waals surface area contributed by atoms with Gasteiger partial charge in [0.25, 0.3) is 0 Å². The highest BCUT2D eigenvalue weighted by atomic mass is 32.1. The monoisotopic (exact) mass is 446 g/mol. The molecular formula is C20H38N4O5S. The maximum absolute atomic E-state index is 13.0. The Kier molecular flexibility index (Phi) is 12.7. The Labute approximate surface area is 184 Å². The third-order valence-corrected chi connectivity index (χ3v) is 5.32. The van der Waals surface area contributed by atoms with Crippen molar-refractivity contribution in [2.75, 3.05) is 5.75 Å². The van der Waals surface area contributed by atoms with Crippen molar-refractivity contribution in [3.63, 3.8) is 0 Å². The number of carbonyl (C=O) groups excluding carboxylic acids is 3. The Bertz CT molecular complexity index is 600. The third kappa shape index (κ3) is 9.34. The number of hydrogen-bond donors (Lipinski definition) is 6. The van der Waals surface area contributed by atoms with Gasteiger partial charge in [-0.15, -0.1) is 0 Å². The van der Waals surface area contributed by atoms with Crippen LogP contribution in [0.25, 0.3) is 0 Å². The van der Waals surface area contributed by atoms with Crippen LogP contribution in [0.5, 0.6) is 0 Å². The molecule has 0 aliphatic heterocycles. The van der Waals surface area contributed by atoms with Crippen molar-refractivity contribution < 1.29 is 24.3 Å². The van der Waals surface area contributed by atoms with E-state index in [0.717, 1.165) is 0 Å². The van der Waals surface area contributed by atoms with Crippen molar-refractivity contribution in [3.8, 4) is 0 Å². The third-order valence-electron chi connectivity index (χ3n) is 4.95. The summed E-state index contributed by atoms with van der Waals surface area (Å²) in [6, 6.07) is -3.73. The molecule has 174 valence electrons. The molecule has 0 aromatic heterocycles. The summed E-state index contributed by atoms with van der Waals surface area (Å²) < 4.78 is 0. The molecule has 0 aromatic rings. The van der Waals surface area contributed by atoms with Crippen molar-refractivity contribution in [2.24, 2.45) is 23.5 Å². The summed E-state index contributed by atoms with van der Waals surface area (Å²) in [6.07, 6.45) is 0.946. The number of carboxylic acids is 1. The van der Waals surface area contributed by atoms with Crippen LogP contribution in [0.1, 0.15) is 54.4 Å². The summed E-state index contributed by atoms with van der Waals surface area (Å²) in [6.45, 7) is 11.1. The van der Waals surface area contributed by atoms with E-state index in [1.54, 1.807) is 6.92 Å². The highest BCUT2D eigenvalue weighted by molar-refractivity contribution is 7.80. The van der Waals surface area contributed by atoms with Gasteiger partial charge in [-0.05, 0) is 24.2 Å². The summed E-state index contributed by atoms with van der Waals surface area (Å²) in [5, 5.41) is 16.9. The van der Waals surface area contributed by atoms with E-state index in [1.165, 1.54) is 0 Å². The lowest BCUT2D eigenvalue weighted by Crippen LogP contribution is -2.59. The number of nitrogens with two attached hydrogens (primary N) is 1. The fraction of sp³-hybridized carbons (Fsp3) is 0.800. The minimum absolute atomic E-state index is 0.0820. The molecule has 6 N–H and O–H groups in total. The average Bonchev–Trinajstić information content (AvgIpc) is 2.67. The van der Waals surface area contributed by atoms with Gasteiger partial charge in [0.15, 0.2) is 0 Å². The lowest BCUT2D eigenvalue weighted by atomic mass is 9.96. The largest absolute Gasteiger partial charge is 0.480 e.